The summed E-state index contributed by atoms with van der Waals surface area (Å²) >= 11 is 0. The third kappa shape index (κ3) is 2.93. The quantitative estimate of drug-likeness (QED) is 0.893. The Bertz CT molecular complexity index is 511. The molecular weight excluding hydrogens is 240 g/mol. The van der Waals surface area contributed by atoms with Crippen LogP contribution in [0.4, 0.5) is 5.95 Å². The Morgan fingerprint density at radius 2 is 2.00 bits per heavy atom. The topological polar surface area (TPSA) is 68.2 Å². The lowest BCUT2D eigenvalue weighted by molar-refractivity contribution is 0.343. The number of hydrogen-bond donors (Lipinski definition) is 1. The van der Waals surface area contributed by atoms with E-state index >= 15 is 0 Å². The lowest BCUT2D eigenvalue weighted by Gasteiger charge is -2.16. The Hall–Kier alpha value is -1.88. The molecular formula is C14H20N4O. The Morgan fingerprint density at radius 1 is 1.32 bits per heavy atom. The highest BCUT2D eigenvalue weighted by molar-refractivity contribution is 5.27. The second kappa shape index (κ2) is 5.84. The minimum absolute atomic E-state index is 0.0195. The predicted molar refractivity (Wildman–Crippen MR) is 75.0 cm³/mol. The van der Waals surface area contributed by atoms with Crippen LogP contribution in [-0.2, 0) is 0 Å². The molecule has 2 N–H and O–H groups in total. The van der Waals surface area contributed by atoms with E-state index in [0.717, 1.165) is 12.1 Å². The van der Waals surface area contributed by atoms with Crippen LogP contribution in [0, 0.1) is 0 Å². The van der Waals surface area contributed by atoms with Crippen molar-refractivity contribution in [2.45, 2.75) is 25.8 Å². The van der Waals surface area contributed by atoms with Crippen molar-refractivity contribution >= 4 is 5.95 Å². The summed E-state index contributed by atoms with van der Waals surface area (Å²) in [6.07, 6.45) is 0. The number of aromatic nitrogens is 2. The molecule has 2 atom stereocenters. The Balaban J connectivity index is 2.15. The van der Waals surface area contributed by atoms with Crippen LogP contribution in [0.25, 0.3) is 0 Å². The number of hydrogen-bond acceptors (Lipinski definition) is 5. The van der Waals surface area contributed by atoms with E-state index in [-0.39, 0.29) is 12.0 Å². The molecule has 0 amide bonds. The molecule has 102 valence electrons. The monoisotopic (exact) mass is 260 g/mol. The first-order chi connectivity index (χ1) is 9.13. The summed E-state index contributed by atoms with van der Waals surface area (Å²) in [6.45, 7) is 4.87. The van der Waals surface area contributed by atoms with Crippen molar-refractivity contribution in [3.63, 3.8) is 0 Å². The van der Waals surface area contributed by atoms with Crippen LogP contribution in [-0.4, -0.2) is 23.7 Å². The molecule has 0 radical (unpaired) electrons. The third-order valence-electron chi connectivity index (χ3n) is 3.36. The molecule has 2 unspecified atom stereocenters. The molecule has 1 aromatic heterocycles. The van der Waals surface area contributed by atoms with E-state index in [2.05, 4.69) is 10.1 Å². The lowest BCUT2D eigenvalue weighted by atomic mass is 9.95. The molecule has 1 heterocycles. The smallest absolute Gasteiger partial charge is 0.265 e. The van der Waals surface area contributed by atoms with Crippen LogP contribution in [0.3, 0.4) is 0 Å². The molecule has 2 aromatic rings. The van der Waals surface area contributed by atoms with Crippen LogP contribution in [0.1, 0.15) is 37.3 Å². The maximum absolute atomic E-state index is 6.25. The zero-order chi connectivity index (χ0) is 13.8. The molecule has 1 aromatic carbocycles. The van der Waals surface area contributed by atoms with E-state index in [0.29, 0.717) is 11.8 Å². The summed E-state index contributed by atoms with van der Waals surface area (Å²) in [5.41, 5.74) is 7.32. The van der Waals surface area contributed by atoms with Crippen molar-refractivity contribution < 1.29 is 4.52 Å². The summed E-state index contributed by atoms with van der Waals surface area (Å²) < 4.78 is 5.31. The van der Waals surface area contributed by atoms with Gasteiger partial charge in [-0.3, -0.25) is 0 Å². The van der Waals surface area contributed by atoms with Crippen molar-refractivity contribution in [2.24, 2.45) is 5.73 Å². The molecule has 0 spiro atoms. The molecule has 5 nitrogen and oxygen atoms in total. The first-order valence-electron chi connectivity index (χ1n) is 6.48. The number of anilines is 1. The van der Waals surface area contributed by atoms with Crippen molar-refractivity contribution in [2.75, 3.05) is 18.5 Å². The molecule has 2 rings (SSSR count). The summed E-state index contributed by atoms with van der Waals surface area (Å²) in [4.78, 5) is 6.32. The molecule has 19 heavy (non-hydrogen) atoms. The van der Waals surface area contributed by atoms with E-state index in [1.807, 2.05) is 56.1 Å². The van der Waals surface area contributed by atoms with Gasteiger partial charge < -0.3 is 15.2 Å². The zero-order valence-electron chi connectivity index (χ0n) is 11.6. The van der Waals surface area contributed by atoms with Crippen LogP contribution < -0.4 is 10.6 Å². The molecule has 0 aliphatic carbocycles. The standard InChI is InChI=1S/C14H20N4O/c1-4-18(3)14-16-13(19-17-14)10(2)12(15)11-8-6-5-7-9-11/h5-10,12H,4,15H2,1-3H3. The molecule has 0 bridgehead atoms. The highest BCUT2D eigenvalue weighted by atomic mass is 16.5. The van der Waals surface area contributed by atoms with Gasteiger partial charge in [0.05, 0.1) is 5.92 Å². The molecule has 0 saturated carbocycles. The van der Waals surface area contributed by atoms with Gasteiger partial charge in [0, 0.05) is 19.6 Å². The molecule has 0 fully saturated rings. The van der Waals surface area contributed by atoms with E-state index in [4.69, 9.17) is 10.3 Å². The number of nitrogens with zero attached hydrogens (tertiary/aromatic N) is 3. The second-order valence-electron chi connectivity index (χ2n) is 4.67. The van der Waals surface area contributed by atoms with Gasteiger partial charge in [-0.1, -0.05) is 37.3 Å². The van der Waals surface area contributed by atoms with Gasteiger partial charge in [0.25, 0.3) is 5.95 Å². The summed E-state index contributed by atoms with van der Waals surface area (Å²) in [5, 5.41) is 3.97. The van der Waals surface area contributed by atoms with Crippen molar-refractivity contribution in [1.82, 2.24) is 10.1 Å². The second-order valence-corrected chi connectivity index (χ2v) is 4.67. The molecule has 0 saturated heterocycles. The van der Waals surface area contributed by atoms with Gasteiger partial charge in [-0.2, -0.15) is 4.98 Å². The Morgan fingerprint density at radius 3 is 2.63 bits per heavy atom. The molecule has 0 aliphatic heterocycles. The van der Waals surface area contributed by atoms with Gasteiger partial charge in [0.15, 0.2) is 0 Å². The molecule has 5 heteroatoms. The van der Waals surface area contributed by atoms with Gasteiger partial charge in [-0.05, 0) is 17.6 Å². The summed E-state index contributed by atoms with van der Waals surface area (Å²) in [5.74, 6) is 1.16. The molecule has 0 aliphatic rings. The first kappa shape index (κ1) is 13.5. The van der Waals surface area contributed by atoms with Crippen LogP contribution in [0.5, 0.6) is 0 Å². The van der Waals surface area contributed by atoms with Crippen molar-refractivity contribution in [3.05, 3.63) is 41.8 Å². The maximum atomic E-state index is 6.25. The third-order valence-corrected chi connectivity index (χ3v) is 3.36. The fourth-order valence-corrected chi connectivity index (χ4v) is 1.83. The maximum Gasteiger partial charge on any atom is 0.265 e. The first-order valence-corrected chi connectivity index (χ1v) is 6.48. The van der Waals surface area contributed by atoms with Gasteiger partial charge in [-0.25, -0.2) is 0 Å². The predicted octanol–water partition coefficient (Wildman–Crippen LogP) is 2.33. The summed E-state index contributed by atoms with van der Waals surface area (Å²) in [6, 6.07) is 9.80. The van der Waals surface area contributed by atoms with Gasteiger partial charge in [-0.15, -0.1) is 0 Å². The highest BCUT2D eigenvalue weighted by Gasteiger charge is 2.23. The van der Waals surface area contributed by atoms with E-state index in [9.17, 15) is 0 Å². The normalized spacial score (nSPS) is 14.1. The Labute approximate surface area is 113 Å². The minimum Gasteiger partial charge on any atom is -0.342 e. The van der Waals surface area contributed by atoms with Gasteiger partial charge >= 0.3 is 0 Å². The van der Waals surface area contributed by atoms with Crippen LogP contribution >= 0.6 is 0 Å². The van der Waals surface area contributed by atoms with E-state index in [1.54, 1.807) is 0 Å². The highest BCUT2D eigenvalue weighted by Crippen LogP contribution is 2.28. The SMILES string of the molecule is CCN(C)c1noc(C(C)C(N)c2ccccc2)n1. The van der Waals surface area contributed by atoms with Gasteiger partial charge in [0.2, 0.25) is 5.89 Å². The fourth-order valence-electron chi connectivity index (χ4n) is 1.83. The minimum atomic E-state index is -0.151. The zero-order valence-corrected chi connectivity index (χ0v) is 11.6. The van der Waals surface area contributed by atoms with Gasteiger partial charge in [0.1, 0.15) is 0 Å². The number of benzene rings is 1. The van der Waals surface area contributed by atoms with E-state index in [1.165, 1.54) is 0 Å². The van der Waals surface area contributed by atoms with Crippen molar-refractivity contribution in [3.8, 4) is 0 Å². The van der Waals surface area contributed by atoms with Crippen LogP contribution in [0.15, 0.2) is 34.9 Å². The van der Waals surface area contributed by atoms with Crippen molar-refractivity contribution in [1.29, 1.82) is 0 Å². The van der Waals surface area contributed by atoms with E-state index < -0.39 is 0 Å². The number of rotatable bonds is 5. The fraction of sp³-hybridized carbons (Fsp3) is 0.429. The lowest BCUT2D eigenvalue weighted by Crippen LogP contribution is -2.19. The average molecular weight is 260 g/mol. The number of nitrogens with two attached hydrogens (primary N) is 1. The average Bonchev–Trinajstić information content (AvgIpc) is 2.95. The van der Waals surface area contributed by atoms with Crippen LogP contribution in [0.2, 0.25) is 0 Å². The largest absolute Gasteiger partial charge is 0.342 e. The summed E-state index contributed by atoms with van der Waals surface area (Å²) in [7, 11) is 1.93. The Kier molecular flexibility index (Phi) is 4.16.